The lowest BCUT2D eigenvalue weighted by Crippen LogP contribution is -2.46. The fourth-order valence-corrected chi connectivity index (χ4v) is 5.39. The molecule has 5 heterocycles. The van der Waals surface area contributed by atoms with Gasteiger partial charge in [-0.05, 0) is 24.6 Å². The standard InChI is InChI=1S/C21H17F3N6OS/c22-17-5-6-30(29-17)15-3-1-13(20-19(15)25-10-32-20)14-2-4-18(28-27-14)31-12-7-11-9-21(23,24)16(8-12)26-11/h1-6,10-12,16,26H,7-9H2. The van der Waals surface area contributed by atoms with Crippen molar-refractivity contribution in [2.45, 2.75) is 43.4 Å². The van der Waals surface area contributed by atoms with Crippen molar-refractivity contribution < 1.29 is 17.9 Å². The maximum atomic E-state index is 13.9. The Morgan fingerprint density at radius 3 is 2.78 bits per heavy atom. The van der Waals surface area contributed by atoms with Gasteiger partial charge in [-0.25, -0.2) is 18.4 Å². The Bertz CT molecular complexity index is 1290. The number of rotatable bonds is 4. The highest BCUT2D eigenvalue weighted by molar-refractivity contribution is 7.17. The molecule has 0 saturated carbocycles. The molecule has 2 fully saturated rings. The summed E-state index contributed by atoms with van der Waals surface area (Å²) < 4.78 is 49.4. The molecule has 7 nitrogen and oxygen atoms in total. The summed E-state index contributed by atoms with van der Waals surface area (Å²) in [5.41, 5.74) is 4.52. The van der Waals surface area contributed by atoms with Crippen LogP contribution in [0.1, 0.15) is 19.3 Å². The van der Waals surface area contributed by atoms with Gasteiger partial charge in [-0.15, -0.1) is 26.6 Å². The number of nitrogens with one attached hydrogen (secondary N) is 1. The number of piperidine rings is 1. The van der Waals surface area contributed by atoms with Crippen molar-refractivity contribution in [2.75, 3.05) is 0 Å². The van der Waals surface area contributed by atoms with Crippen molar-refractivity contribution in [3.05, 3.63) is 48.0 Å². The zero-order chi connectivity index (χ0) is 21.9. The summed E-state index contributed by atoms with van der Waals surface area (Å²) in [5, 5.41) is 15.2. The van der Waals surface area contributed by atoms with Crippen LogP contribution in [-0.4, -0.2) is 49.1 Å². The molecule has 4 aromatic rings. The highest BCUT2D eigenvalue weighted by Crippen LogP contribution is 2.40. The Labute approximate surface area is 184 Å². The van der Waals surface area contributed by atoms with Gasteiger partial charge in [0.1, 0.15) is 11.6 Å². The number of thiazole rings is 1. The second kappa shape index (κ2) is 7.24. The predicted octanol–water partition coefficient (Wildman–Crippen LogP) is 3.99. The van der Waals surface area contributed by atoms with Crippen LogP contribution in [0.4, 0.5) is 13.2 Å². The molecule has 0 aliphatic carbocycles. The monoisotopic (exact) mass is 458 g/mol. The van der Waals surface area contributed by atoms with Gasteiger partial charge >= 0.3 is 0 Å². The Morgan fingerprint density at radius 1 is 1.12 bits per heavy atom. The van der Waals surface area contributed by atoms with Crippen LogP contribution >= 0.6 is 11.3 Å². The van der Waals surface area contributed by atoms with Crippen molar-refractivity contribution in [3.63, 3.8) is 0 Å². The summed E-state index contributed by atoms with van der Waals surface area (Å²) in [6.07, 6.45) is 1.84. The summed E-state index contributed by atoms with van der Waals surface area (Å²) in [6.45, 7) is 0. The lowest BCUT2D eigenvalue weighted by atomic mass is 10.0. The van der Waals surface area contributed by atoms with Gasteiger partial charge in [-0.3, -0.25) is 0 Å². The molecule has 3 atom stereocenters. The quantitative estimate of drug-likeness (QED) is 0.499. The summed E-state index contributed by atoms with van der Waals surface area (Å²) in [6, 6.07) is 7.36. The van der Waals surface area contributed by atoms with Crippen LogP contribution in [0.25, 0.3) is 27.2 Å². The minimum absolute atomic E-state index is 0.145. The summed E-state index contributed by atoms with van der Waals surface area (Å²) in [4.78, 5) is 4.41. The second-order valence-electron chi connectivity index (χ2n) is 8.09. The fraction of sp³-hybridized carbons (Fsp3) is 0.333. The molecule has 0 spiro atoms. The molecule has 32 heavy (non-hydrogen) atoms. The van der Waals surface area contributed by atoms with E-state index in [4.69, 9.17) is 4.74 Å². The zero-order valence-corrected chi connectivity index (χ0v) is 17.4. The van der Waals surface area contributed by atoms with E-state index in [2.05, 4.69) is 25.6 Å². The molecule has 2 bridgehead atoms. The third-order valence-corrected chi connectivity index (χ3v) is 6.84. The first-order chi connectivity index (χ1) is 15.5. The molecule has 2 aliphatic heterocycles. The molecular weight excluding hydrogens is 441 g/mol. The fourth-order valence-electron chi connectivity index (χ4n) is 4.56. The van der Waals surface area contributed by atoms with Gasteiger partial charge in [0, 0.05) is 42.8 Å². The van der Waals surface area contributed by atoms with E-state index >= 15 is 0 Å². The number of aromatic nitrogens is 5. The van der Waals surface area contributed by atoms with E-state index in [1.807, 2.05) is 6.07 Å². The van der Waals surface area contributed by atoms with Crippen LogP contribution in [0.2, 0.25) is 0 Å². The first-order valence-corrected chi connectivity index (χ1v) is 11.1. The average Bonchev–Trinajstić information content (AvgIpc) is 3.47. The van der Waals surface area contributed by atoms with Crippen LogP contribution < -0.4 is 10.1 Å². The number of halogens is 3. The summed E-state index contributed by atoms with van der Waals surface area (Å²) in [7, 11) is 0. The third kappa shape index (κ3) is 3.32. The van der Waals surface area contributed by atoms with Crippen molar-refractivity contribution in [1.29, 1.82) is 0 Å². The van der Waals surface area contributed by atoms with Crippen molar-refractivity contribution >= 4 is 21.6 Å². The van der Waals surface area contributed by atoms with Crippen LogP contribution in [0.3, 0.4) is 0 Å². The number of alkyl halides is 2. The normalized spacial score (nSPS) is 24.2. The van der Waals surface area contributed by atoms with Crippen molar-refractivity contribution in [3.8, 4) is 22.8 Å². The van der Waals surface area contributed by atoms with Gasteiger partial charge < -0.3 is 10.1 Å². The summed E-state index contributed by atoms with van der Waals surface area (Å²) in [5.74, 6) is -2.94. The van der Waals surface area contributed by atoms with E-state index in [-0.39, 0.29) is 25.0 Å². The van der Waals surface area contributed by atoms with Gasteiger partial charge in [0.2, 0.25) is 11.8 Å². The number of fused-ring (bicyclic) bond motifs is 3. The SMILES string of the molecule is Fc1ccn(-c2ccc(-c3ccc(OC4CC5CC(F)(F)C(C4)N5)nn3)c3scnc23)n1. The second-order valence-corrected chi connectivity index (χ2v) is 8.95. The molecule has 1 N–H and O–H groups in total. The van der Waals surface area contributed by atoms with Gasteiger partial charge in [0.25, 0.3) is 5.92 Å². The topological polar surface area (TPSA) is 77.8 Å². The summed E-state index contributed by atoms with van der Waals surface area (Å²) >= 11 is 1.44. The largest absolute Gasteiger partial charge is 0.473 e. The van der Waals surface area contributed by atoms with E-state index in [1.165, 1.54) is 28.3 Å². The molecule has 0 amide bonds. The minimum atomic E-state index is -2.69. The smallest absolute Gasteiger partial charge is 0.264 e. The molecule has 11 heteroatoms. The molecule has 0 radical (unpaired) electrons. The zero-order valence-electron chi connectivity index (χ0n) is 16.6. The first kappa shape index (κ1) is 19.6. The van der Waals surface area contributed by atoms with E-state index in [1.54, 1.807) is 23.7 Å². The lowest BCUT2D eigenvalue weighted by molar-refractivity contribution is -0.0195. The number of nitrogens with zero attached hydrogens (tertiary/aromatic N) is 5. The van der Waals surface area contributed by atoms with Crippen LogP contribution in [0.15, 0.2) is 42.0 Å². The van der Waals surface area contributed by atoms with Gasteiger partial charge in [0.05, 0.1) is 27.6 Å². The van der Waals surface area contributed by atoms with Gasteiger partial charge in [0.15, 0.2) is 0 Å². The number of hydrogen-bond donors (Lipinski definition) is 1. The van der Waals surface area contributed by atoms with Crippen LogP contribution in [0, 0.1) is 5.95 Å². The molecule has 2 aliphatic rings. The minimum Gasteiger partial charge on any atom is -0.473 e. The molecule has 1 aromatic carbocycles. The Kier molecular flexibility index (Phi) is 4.44. The number of ether oxygens (including phenoxy) is 1. The Balaban J connectivity index is 1.24. The number of benzene rings is 1. The predicted molar refractivity (Wildman–Crippen MR) is 112 cm³/mol. The van der Waals surface area contributed by atoms with Gasteiger partial charge in [-0.1, -0.05) is 0 Å². The highest BCUT2D eigenvalue weighted by Gasteiger charge is 2.53. The molecule has 3 aromatic heterocycles. The van der Waals surface area contributed by atoms with Crippen LogP contribution in [0.5, 0.6) is 5.88 Å². The van der Waals surface area contributed by atoms with E-state index in [9.17, 15) is 13.2 Å². The van der Waals surface area contributed by atoms with Crippen LogP contribution in [-0.2, 0) is 0 Å². The maximum absolute atomic E-state index is 13.9. The average molecular weight is 458 g/mol. The Morgan fingerprint density at radius 2 is 2.03 bits per heavy atom. The maximum Gasteiger partial charge on any atom is 0.264 e. The third-order valence-electron chi connectivity index (χ3n) is 5.98. The Hall–Kier alpha value is -3.05. The first-order valence-electron chi connectivity index (χ1n) is 10.2. The molecular formula is C21H17F3N6OS. The van der Waals surface area contributed by atoms with Crippen molar-refractivity contribution in [1.82, 2.24) is 30.3 Å². The van der Waals surface area contributed by atoms with Gasteiger partial charge in [-0.2, -0.15) is 4.39 Å². The molecule has 6 rings (SSSR count). The molecule has 3 unspecified atom stereocenters. The van der Waals surface area contributed by atoms with E-state index in [0.29, 0.717) is 29.2 Å². The number of hydrogen-bond acceptors (Lipinski definition) is 7. The van der Waals surface area contributed by atoms with Crippen molar-refractivity contribution in [2.24, 2.45) is 0 Å². The highest BCUT2D eigenvalue weighted by atomic mass is 32.1. The van der Waals surface area contributed by atoms with E-state index in [0.717, 1.165) is 10.3 Å². The lowest BCUT2D eigenvalue weighted by Gasteiger charge is -2.29. The molecule has 164 valence electrons. The molecule has 2 saturated heterocycles. The van der Waals surface area contributed by atoms with E-state index < -0.39 is 17.9 Å².